The predicted octanol–water partition coefficient (Wildman–Crippen LogP) is 2.71. The first-order valence-corrected chi connectivity index (χ1v) is 6.59. The second kappa shape index (κ2) is 6.61. The zero-order valence-electron chi connectivity index (χ0n) is 11.8. The third kappa shape index (κ3) is 5.09. The van der Waals surface area contributed by atoms with Crippen LogP contribution in [-0.4, -0.2) is 22.6 Å². The molecule has 6 heteroatoms. The number of benzene rings is 1. The smallest absolute Gasteiger partial charge is 0.306 e. The number of hydrogen-bond acceptors (Lipinski definition) is 4. The summed E-state index contributed by atoms with van der Waals surface area (Å²) in [5.41, 5.74) is 6.34. The molecule has 110 valence electrons. The number of halogens is 1. The highest BCUT2D eigenvalue weighted by Crippen LogP contribution is 2.19. The number of carbonyl (C=O) groups excluding carboxylic acids is 1. The maximum Gasteiger partial charge on any atom is 0.306 e. The summed E-state index contributed by atoms with van der Waals surface area (Å²) in [7, 11) is 0. The van der Waals surface area contributed by atoms with E-state index in [1.165, 1.54) is 0 Å². The molecule has 0 heterocycles. The lowest BCUT2D eigenvalue weighted by atomic mass is 10.1. The van der Waals surface area contributed by atoms with E-state index in [1.807, 2.05) is 20.8 Å². The summed E-state index contributed by atoms with van der Waals surface area (Å²) in [5.74, 6) is -0.303. The summed E-state index contributed by atoms with van der Waals surface area (Å²) < 4.78 is 5.22. The molecular formula is C14H19ClN2O3. The van der Waals surface area contributed by atoms with E-state index in [0.717, 1.165) is 5.56 Å². The molecule has 0 saturated carbocycles. The Hall–Kier alpha value is -1.75. The molecule has 5 nitrogen and oxygen atoms in total. The Morgan fingerprint density at radius 2 is 2.10 bits per heavy atom. The predicted molar refractivity (Wildman–Crippen MR) is 78.1 cm³/mol. The Labute approximate surface area is 123 Å². The van der Waals surface area contributed by atoms with Gasteiger partial charge in [-0.05, 0) is 44.9 Å². The maximum atomic E-state index is 11.6. The first-order valence-electron chi connectivity index (χ1n) is 6.21. The standard InChI is InChI=1S/C14H19ClN2O3/c1-14(2,3)20-12(18)7-5-9-4-6-10(11(15)8-9)13(16)17-19/h4,6,8,19H,5,7H2,1-3H3,(H2,16,17). The molecule has 1 rings (SSSR count). The largest absolute Gasteiger partial charge is 0.460 e. The summed E-state index contributed by atoms with van der Waals surface area (Å²) in [6, 6.07) is 5.13. The molecule has 0 unspecified atom stereocenters. The van der Waals surface area contributed by atoms with E-state index in [2.05, 4.69) is 5.16 Å². The van der Waals surface area contributed by atoms with Crippen LogP contribution in [-0.2, 0) is 16.0 Å². The Bertz CT molecular complexity index is 522. The number of aryl methyl sites for hydroxylation is 1. The molecule has 0 aliphatic rings. The molecule has 0 amide bonds. The Morgan fingerprint density at radius 1 is 1.45 bits per heavy atom. The maximum absolute atomic E-state index is 11.6. The van der Waals surface area contributed by atoms with Crippen LogP contribution in [0.25, 0.3) is 0 Å². The minimum absolute atomic E-state index is 0.0475. The lowest BCUT2D eigenvalue weighted by Crippen LogP contribution is -2.24. The number of esters is 1. The van der Waals surface area contributed by atoms with Gasteiger partial charge >= 0.3 is 5.97 Å². The van der Waals surface area contributed by atoms with Crippen molar-refractivity contribution in [3.63, 3.8) is 0 Å². The number of hydrogen-bond donors (Lipinski definition) is 2. The van der Waals surface area contributed by atoms with E-state index >= 15 is 0 Å². The van der Waals surface area contributed by atoms with Crippen LogP contribution in [0.2, 0.25) is 5.02 Å². The summed E-state index contributed by atoms with van der Waals surface area (Å²) in [6.45, 7) is 5.48. The molecule has 0 aliphatic carbocycles. The van der Waals surface area contributed by atoms with Crippen LogP contribution in [0.1, 0.15) is 38.3 Å². The van der Waals surface area contributed by atoms with Gasteiger partial charge in [-0.25, -0.2) is 0 Å². The molecule has 3 N–H and O–H groups in total. The van der Waals surface area contributed by atoms with Gasteiger partial charge in [-0.1, -0.05) is 22.8 Å². The molecule has 0 fully saturated rings. The van der Waals surface area contributed by atoms with Gasteiger partial charge in [0.05, 0.1) is 5.02 Å². The molecular weight excluding hydrogens is 280 g/mol. The second-order valence-electron chi connectivity index (χ2n) is 5.39. The molecule has 1 aromatic carbocycles. The zero-order valence-corrected chi connectivity index (χ0v) is 12.6. The van der Waals surface area contributed by atoms with Crippen LogP contribution in [0.5, 0.6) is 0 Å². The van der Waals surface area contributed by atoms with Crippen molar-refractivity contribution in [2.75, 3.05) is 0 Å². The van der Waals surface area contributed by atoms with E-state index in [1.54, 1.807) is 18.2 Å². The molecule has 0 spiro atoms. The van der Waals surface area contributed by atoms with E-state index in [0.29, 0.717) is 17.0 Å². The average molecular weight is 299 g/mol. The average Bonchev–Trinajstić information content (AvgIpc) is 2.33. The zero-order chi connectivity index (χ0) is 15.3. The van der Waals surface area contributed by atoms with Crippen LogP contribution in [0.4, 0.5) is 0 Å². The highest BCUT2D eigenvalue weighted by molar-refractivity contribution is 6.34. The van der Waals surface area contributed by atoms with Crippen molar-refractivity contribution in [1.29, 1.82) is 0 Å². The van der Waals surface area contributed by atoms with Crippen LogP contribution in [0.3, 0.4) is 0 Å². The Balaban J connectivity index is 2.67. The van der Waals surface area contributed by atoms with Crippen molar-refractivity contribution >= 4 is 23.4 Å². The third-order valence-corrected chi connectivity index (χ3v) is 2.77. The van der Waals surface area contributed by atoms with Crippen molar-refractivity contribution < 1.29 is 14.7 Å². The number of nitrogens with two attached hydrogens (primary N) is 1. The quantitative estimate of drug-likeness (QED) is 0.294. The van der Waals surface area contributed by atoms with Gasteiger partial charge in [0.15, 0.2) is 5.84 Å². The number of carbonyl (C=O) groups is 1. The van der Waals surface area contributed by atoms with Gasteiger partial charge in [-0.3, -0.25) is 4.79 Å². The van der Waals surface area contributed by atoms with E-state index < -0.39 is 5.60 Å². The summed E-state index contributed by atoms with van der Waals surface area (Å²) in [4.78, 5) is 11.6. The minimum Gasteiger partial charge on any atom is -0.460 e. The lowest BCUT2D eigenvalue weighted by Gasteiger charge is -2.19. The fourth-order valence-electron chi connectivity index (χ4n) is 1.61. The van der Waals surface area contributed by atoms with Gasteiger partial charge < -0.3 is 15.7 Å². The summed E-state index contributed by atoms with van der Waals surface area (Å²) >= 11 is 6.04. The molecule has 0 saturated heterocycles. The molecule has 0 aromatic heterocycles. The molecule has 0 aliphatic heterocycles. The second-order valence-corrected chi connectivity index (χ2v) is 5.79. The van der Waals surface area contributed by atoms with Crippen LogP contribution in [0.15, 0.2) is 23.4 Å². The third-order valence-electron chi connectivity index (χ3n) is 2.46. The van der Waals surface area contributed by atoms with Crippen molar-refractivity contribution in [1.82, 2.24) is 0 Å². The highest BCUT2D eigenvalue weighted by atomic mass is 35.5. The summed E-state index contributed by atoms with van der Waals surface area (Å²) in [6.07, 6.45) is 0.793. The lowest BCUT2D eigenvalue weighted by molar-refractivity contribution is -0.154. The molecule has 0 atom stereocenters. The van der Waals surface area contributed by atoms with Crippen LogP contribution < -0.4 is 5.73 Å². The van der Waals surface area contributed by atoms with Gasteiger partial charge in [0.1, 0.15) is 5.60 Å². The van der Waals surface area contributed by atoms with Gasteiger partial charge in [-0.2, -0.15) is 0 Å². The fourth-order valence-corrected chi connectivity index (χ4v) is 1.91. The van der Waals surface area contributed by atoms with E-state index in [-0.39, 0.29) is 18.2 Å². The monoisotopic (exact) mass is 298 g/mol. The van der Waals surface area contributed by atoms with Gasteiger partial charge in [-0.15, -0.1) is 0 Å². The van der Waals surface area contributed by atoms with Crippen LogP contribution in [0, 0.1) is 0 Å². The molecule has 0 radical (unpaired) electrons. The number of rotatable bonds is 4. The Morgan fingerprint density at radius 3 is 2.60 bits per heavy atom. The molecule has 0 bridgehead atoms. The normalized spacial score (nSPS) is 12.3. The topological polar surface area (TPSA) is 84.9 Å². The van der Waals surface area contributed by atoms with Gasteiger partial charge in [0.25, 0.3) is 0 Å². The van der Waals surface area contributed by atoms with E-state index in [9.17, 15) is 4.79 Å². The summed E-state index contributed by atoms with van der Waals surface area (Å²) in [5, 5.41) is 11.9. The SMILES string of the molecule is CC(C)(C)OC(=O)CCc1ccc(/C(N)=N/O)c(Cl)c1. The highest BCUT2D eigenvalue weighted by Gasteiger charge is 2.16. The van der Waals surface area contributed by atoms with Crippen molar-refractivity contribution in [3.8, 4) is 0 Å². The number of ether oxygens (including phenoxy) is 1. The number of amidine groups is 1. The number of oxime groups is 1. The first-order chi connectivity index (χ1) is 9.23. The van der Waals surface area contributed by atoms with Crippen molar-refractivity contribution in [2.24, 2.45) is 10.9 Å². The van der Waals surface area contributed by atoms with Gasteiger partial charge in [0.2, 0.25) is 0 Å². The van der Waals surface area contributed by atoms with Crippen molar-refractivity contribution in [3.05, 3.63) is 34.3 Å². The minimum atomic E-state index is -0.482. The first kappa shape index (κ1) is 16.3. The molecule has 1 aromatic rings. The fraction of sp³-hybridized carbons (Fsp3) is 0.429. The Kier molecular flexibility index (Phi) is 5.39. The van der Waals surface area contributed by atoms with Gasteiger partial charge in [0, 0.05) is 12.0 Å². The van der Waals surface area contributed by atoms with Crippen molar-refractivity contribution in [2.45, 2.75) is 39.2 Å². The van der Waals surface area contributed by atoms with Crippen LogP contribution >= 0.6 is 11.6 Å². The number of nitrogens with zero attached hydrogens (tertiary/aromatic N) is 1. The molecule has 20 heavy (non-hydrogen) atoms. The van der Waals surface area contributed by atoms with E-state index in [4.69, 9.17) is 27.3 Å².